The highest BCUT2D eigenvalue weighted by Gasteiger charge is 2.08. The number of amides is 1. The highest BCUT2D eigenvalue weighted by Crippen LogP contribution is 2.18. The van der Waals surface area contributed by atoms with Gasteiger partial charge in [-0.25, -0.2) is 4.98 Å². The topological polar surface area (TPSA) is 68.0 Å². The highest BCUT2D eigenvalue weighted by atomic mass is 35.5. The van der Waals surface area contributed by atoms with Crippen LogP contribution in [0.25, 0.3) is 0 Å². The van der Waals surface area contributed by atoms with E-state index in [9.17, 15) is 4.79 Å². The molecule has 1 amide bonds. The smallest absolute Gasteiger partial charge is 0.257 e. The van der Waals surface area contributed by atoms with Crippen molar-refractivity contribution in [3.63, 3.8) is 0 Å². The number of nitrogens with two attached hydrogens (primary N) is 1. The maximum Gasteiger partial charge on any atom is 0.257 e. The molecule has 0 atom stereocenters. The summed E-state index contributed by atoms with van der Waals surface area (Å²) in [5, 5.41) is 5.41. The van der Waals surface area contributed by atoms with Crippen molar-refractivity contribution in [2.45, 2.75) is 0 Å². The van der Waals surface area contributed by atoms with Crippen molar-refractivity contribution in [1.82, 2.24) is 4.98 Å². The number of rotatable bonds is 2. The summed E-state index contributed by atoms with van der Waals surface area (Å²) in [5.41, 5.74) is 6.47. The maximum absolute atomic E-state index is 11.8. The van der Waals surface area contributed by atoms with Gasteiger partial charge in [0.2, 0.25) is 0 Å². The first kappa shape index (κ1) is 10.9. The van der Waals surface area contributed by atoms with Gasteiger partial charge in [0, 0.05) is 27.9 Å². The molecule has 0 aliphatic carbocycles. The Hall–Kier alpha value is -1.59. The van der Waals surface area contributed by atoms with Gasteiger partial charge in [0.1, 0.15) is 0 Å². The minimum Gasteiger partial charge on any atom is -0.399 e. The van der Waals surface area contributed by atoms with Crippen molar-refractivity contribution < 1.29 is 4.79 Å². The van der Waals surface area contributed by atoms with E-state index in [1.54, 1.807) is 29.8 Å². The summed E-state index contributed by atoms with van der Waals surface area (Å²) in [6.07, 6.45) is 1.62. The predicted octanol–water partition coefficient (Wildman–Crippen LogP) is 2.63. The lowest BCUT2D eigenvalue weighted by molar-refractivity contribution is 0.102. The molecule has 0 aliphatic rings. The van der Waals surface area contributed by atoms with E-state index in [1.165, 1.54) is 11.3 Å². The molecule has 0 unspecified atom stereocenters. The second-order valence-electron chi connectivity index (χ2n) is 3.06. The van der Waals surface area contributed by atoms with Gasteiger partial charge in [0.05, 0.1) is 0 Å². The summed E-state index contributed by atoms with van der Waals surface area (Å²) in [5.74, 6) is -0.274. The van der Waals surface area contributed by atoms with Gasteiger partial charge in [-0.3, -0.25) is 10.1 Å². The predicted molar refractivity (Wildman–Crippen MR) is 65.9 cm³/mol. The summed E-state index contributed by atoms with van der Waals surface area (Å²) in [7, 11) is 0. The minimum absolute atomic E-state index is 0.274. The van der Waals surface area contributed by atoms with Crippen LogP contribution in [0, 0.1) is 0 Å². The van der Waals surface area contributed by atoms with Crippen LogP contribution < -0.4 is 11.1 Å². The number of hydrogen-bond acceptors (Lipinski definition) is 4. The van der Waals surface area contributed by atoms with E-state index in [-0.39, 0.29) is 5.91 Å². The summed E-state index contributed by atoms with van der Waals surface area (Å²) < 4.78 is 0. The molecule has 2 rings (SSSR count). The minimum atomic E-state index is -0.274. The molecule has 1 heterocycles. The Morgan fingerprint density at radius 3 is 2.88 bits per heavy atom. The van der Waals surface area contributed by atoms with Gasteiger partial charge < -0.3 is 5.73 Å². The molecule has 0 bridgehead atoms. The lowest BCUT2D eigenvalue weighted by Gasteiger charge is -2.03. The SMILES string of the molecule is Nc1cc(Cl)cc(C(=O)Nc2nccs2)c1. The van der Waals surface area contributed by atoms with Gasteiger partial charge in [-0.15, -0.1) is 11.3 Å². The number of benzene rings is 1. The first-order valence-corrected chi connectivity index (χ1v) is 5.68. The number of halogens is 1. The average Bonchev–Trinajstić information content (AvgIpc) is 2.68. The van der Waals surface area contributed by atoms with Crippen LogP contribution in [0.5, 0.6) is 0 Å². The zero-order chi connectivity index (χ0) is 11.5. The van der Waals surface area contributed by atoms with Gasteiger partial charge >= 0.3 is 0 Å². The van der Waals surface area contributed by atoms with E-state index in [2.05, 4.69) is 10.3 Å². The van der Waals surface area contributed by atoms with Crippen molar-refractivity contribution in [3.8, 4) is 0 Å². The van der Waals surface area contributed by atoms with Crippen LogP contribution in [0.2, 0.25) is 5.02 Å². The molecule has 82 valence electrons. The lowest BCUT2D eigenvalue weighted by Crippen LogP contribution is -2.11. The Balaban J connectivity index is 2.21. The average molecular weight is 254 g/mol. The van der Waals surface area contributed by atoms with Crippen LogP contribution in [0.4, 0.5) is 10.8 Å². The third kappa shape index (κ3) is 2.50. The van der Waals surface area contributed by atoms with Crippen molar-refractivity contribution >= 4 is 39.7 Å². The first-order valence-electron chi connectivity index (χ1n) is 4.42. The molecule has 4 nitrogen and oxygen atoms in total. The maximum atomic E-state index is 11.8. The molecule has 0 saturated carbocycles. The molecule has 0 saturated heterocycles. The Labute approximate surface area is 101 Å². The second kappa shape index (κ2) is 4.51. The second-order valence-corrected chi connectivity index (χ2v) is 4.40. The molecular weight excluding hydrogens is 246 g/mol. The number of nitrogen functional groups attached to an aromatic ring is 1. The Bertz CT molecular complexity index is 493. The zero-order valence-electron chi connectivity index (χ0n) is 8.11. The van der Waals surface area contributed by atoms with Gasteiger partial charge in [-0.2, -0.15) is 0 Å². The van der Waals surface area contributed by atoms with Gasteiger partial charge in [-0.05, 0) is 18.2 Å². The van der Waals surface area contributed by atoms with Gasteiger partial charge in [0.15, 0.2) is 5.13 Å². The Morgan fingerprint density at radius 1 is 1.44 bits per heavy atom. The van der Waals surface area contributed by atoms with E-state index in [4.69, 9.17) is 17.3 Å². The van der Waals surface area contributed by atoms with E-state index in [0.29, 0.717) is 21.4 Å². The number of carbonyl (C=O) groups excluding carboxylic acids is 1. The van der Waals surface area contributed by atoms with Crippen LogP contribution in [0.1, 0.15) is 10.4 Å². The molecular formula is C10H8ClN3OS. The number of thiazole rings is 1. The number of carbonyl (C=O) groups is 1. The molecule has 1 aromatic heterocycles. The number of hydrogen-bond donors (Lipinski definition) is 2. The lowest BCUT2D eigenvalue weighted by atomic mass is 10.2. The Morgan fingerprint density at radius 2 is 2.25 bits per heavy atom. The van der Waals surface area contributed by atoms with Crippen LogP contribution >= 0.6 is 22.9 Å². The molecule has 3 N–H and O–H groups in total. The van der Waals surface area contributed by atoms with Gasteiger partial charge in [0.25, 0.3) is 5.91 Å². The fraction of sp³-hybridized carbons (Fsp3) is 0. The van der Waals surface area contributed by atoms with E-state index < -0.39 is 0 Å². The molecule has 6 heteroatoms. The molecule has 0 spiro atoms. The van der Waals surface area contributed by atoms with Crippen molar-refractivity contribution in [2.75, 3.05) is 11.1 Å². The Kier molecular flexibility index (Phi) is 3.07. The number of anilines is 2. The van der Waals surface area contributed by atoms with Crippen LogP contribution in [0.15, 0.2) is 29.8 Å². The molecule has 0 fully saturated rings. The monoisotopic (exact) mass is 253 g/mol. The van der Waals surface area contributed by atoms with E-state index in [0.717, 1.165) is 0 Å². The van der Waals surface area contributed by atoms with Crippen LogP contribution in [-0.4, -0.2) is 10.9 Å². The standard InChI is InChI=1S/C10H8ClN3OS/c11-7-3-6(4-8(12)5-7)9(15)14-10-13-1-2-16-10/h1-5H,12H2,(H,13,14,15). The van der Waals surface area contributed by atoms with Crippen molar-refractivity contribution in [2.24, 2.45) is 0 Å². The summed E-state index contributed by atoms with van der Waals surface area (Å²) in [6.45, 7) is 0. The third-order valence-corrected chi connectivity index (χ3v) is 2.74. The van der Waals surface area contributed by atoms with Gasteiger partial charge in [-0.1, -0.05) is 11.6 Å². The molecule has 1 aromatic carbocycles. The number of nitrogens with one attached hydrogen (secondary N) is 1. The summed E-state index contributed by atoms with van der Waals surface area (Å²) >= 11 is 7.15. The fourth-order valence-corrected chi connectivity index (χ4v) is 1.97. The fourth-order valence-electron chi connectivity index (χ4n) is 1.20. The number of aromatic nitrogens is 1. The van der Waals surface area contributed by atoms with Crippen molar-refractivity contribution in [3.05, 3.63) is 40.4 Å². The molecule has 0 aliphatic heterocycles. The summed E-state index contributed by atoms with van der Waals surface area (Å²) in [4.78, 5) is 15.7. The third-order valence-electron chi connectivity index (χ3n) is 1.84. The van der Waals surface area contributed by atoms with E-state index in [1.807, 2.05) is 0 Å². The van der Waals surface area contributed by atoms with Crippen LogP contribution in [-0.2, 0) is 0 Å². The van der Waals surface area contributed by atoms with E-state index >= 15 is 0 Å². The highest BCUT2D eigenvalue weighted by molar-refractivity contribution is 7.13. The quantitative estimate of drug-likeness (QED) is 0.809. The summed E-state index contributed by atoms with van der Waals surface area (Å²) in [6, 6.07) is 4.71. The molecule has 2 aromatic rings. The molecule has 16 heavy (non-hydrogen) atoms. The first-order chi connectivity index (χ1) is 7.65. The largest absolute Gasteiger partial charge is 0.399 e. The normalized spacial score (nSPS) is 10.1. The van der Waals surface area contributed by atoms with Crippen LogP contribution in [0.3, 0.4) is 0 Å². The van der Waals surface area contributed by atoms with Crippen molar-refractivity contribution in [1.29, 1.82) is 0 Å². The number of nitrogens with zero attached hydrogens (tertiary/aromatic N) is 1. The zero-order valence-corrected chi connectivity index (χ0v) is 9.68. The molecule has 0 radical (unpaired) electrons.